The van der Waals surface area contributed by atoms with Gasteiger partial charge in [0.1, 0.15) is 0 Å². The molecule has 0 atom stereocenters. The van der Waals surface area contributed by atoms with Gasteiger partial charge in [0.2, 0.25) is 0 Å². The molecule has 0 saturated heterocycles. The normalized spacial score (nSPS) is 10.8. The number of rotatable bonds is 58. The van der Waals surface area contributed by atoms with Crippen molar-refractivity contribution in [2.45, 2.75) is 374 Å². The topological polar surface area (TPSA) is 133 Å². The summed E-state index contributed by atoms with van der Waals surface area (Å²) in [5.74, 6) is -3.99. The summed E-state index contributed by atoms with van der Waals surface area (Å²) in [7, 11) is 0. The van der Waals surface area contributed by atoms with Crippen LogP contribution in [-0.4, -0.2) is 61.0 Å². The molecule has 0 heterocycles. The van der Waals surface area contributed by atoms with Gasteiger partial charge in [-0.1, -0.05) is 375 Å². The zero-order chi connectivity index (χ0) is 58.2. The zero-order valence-electron chi connectivity index (χ0n) is 53.1. The van der Waals surface area contributed by atoms with E-state index in [2.05, 4.69) is 41.5 Å². The number of carboxylic acid groups (broad SMARTS) is 2. The molecule has 0 aromatic rings. The van der Waals surface area contributed by atoms with Crippen molar-refractivity contribution < 1.29 is 38.9 Å². The molecule has 0 N–H and O–H groups in total. The van der Waals surface area contributed by atoms with Crippen molar-refractivity contribution in [3.63, 3.8) is 0 Å². The van der Waals surface area contributed by atoms with Crippen molar-refractivity contribution in [1.82, 2.24) is 0 Å². The van der Waals surface area contributed by atoms with Crippen molar-refractivity contribution in [1.29, 1.82) is 0 Å². The van der Waals surface area contributed by atoms with Gasteiger partial charge in [-0.15, -0.1) is 0 Å². The van der Waals surface area contributed by atoms with Crippen LogP contribution in [0.15, 0.2) is 24.3 Å². The minimum Gasteiger partial charge on any atom is -0.545 e. The molecule has 0 rings (SSSR count). The van der Waals surface area contributed by atoms with E-state index in [4.69, 9.17) is 9.47 Å². The molecule has 0 unspecified atom stereocenters. The van der Waals surface area contributed by atoms with Crippen LogP contribution in [0.2, 0.25) is 0 Å². The number of esters is 2. The third kappa shape index (κ3) is 95.7. The first-order valence-corrected chi connectivity index (χ1v) is 33.9. The maximum Gasteiger partial charge on any atom is 2.00 e. The van der Waals surface area contributed by atoms with E-state index in [0.29, 0.717) is 25.4 Å². The summed E-state index contributed by atoms with van der Waals surface area (Å²) in [5, 5.41) is 20.3. The Hall–Kier alpha value is -1.84. The molecule has 464 valence electrons. The minimum atomic E-state index is -1.38. The fourth-order valence-electron chi connectivity index (χ4n) is 9.34. The number of carbonyl (C=O) groups is 4. The monoisotopic (exact) mass is 1220 g/mol. The van der Waals surface area contributed by atoms with Crippen molar-refractivity contribution in [3.05, 3.63) is 38.2 Å². The first-order valence-electron chi connectivity index (χ1n) is 33.9. The molecular formula is C70H132O8Sn. The largest absolute Gasteiger partial charge is 2.00 e. The Morgan fingerprint density at radius 3 is 0.570 bits per heavy atom. The number of hydrogen-bond donors (Lipinski definition) is 0. The van der Waals surface area contributed by atoms with E-state index in [1.54, 1.807) is 0 Å². The van der Waals surface area contributed by atoms with Crippen molar-refractivity contribution in [2.24, 2.45) is 0 Å². The average molecular weight is 1220 g/mol. The standard InChI is InChI=1S/2C27H50O4.2C8H17.Sn/c2*1-2-3-4-5-6-7-8-9-10-11-12-13-14-15-16-17-18-19-20-21-22-25-31-27(30)24-23-26(28)29;2*1-3-5-7-8-6-4-2;/h2*23-24H,2-22,25H2,1H3,(H,28,29);2*1,3-8H2,2H3;/q;;;;+2/p-2/b2*24-23-;;;. The maximum absolute atomic E-state index is 11.2. The van der Waals surface area contributed by atoms with Crippen LogP contribution in [0.1, 0.15) is 374 Å². The van der Waals surface area contributed by atoms with Gasteiger partial charge in [0.05, 0.1) is 25.2 Å². The van der Waals surface area contributed by atoms with Crippen molar-refractivity contribution in [3.8, 4) is 0 Å². The van der Waals surface area contributed by atoms with Gasteiger partial charge < -0.3 is 29.3 Å². The van der Waals surface area contributed by atoms with Gasteiger partial charge in [-0.25, -0.2) is 9.59 Å². The van der Waals surface area contributed by atoms with E-state index in [0.717, 1.165) is 50.7 Å². The molecule has 0 fully saturated rings. The molecule has 0 saturated carbocycles. The molecular weight excluding hydrogens is 1090 g/mol. The Kier molecular flexibility index (Phi) is 89.9. The fraction of sp³-hybridized carbons (Fsp3) is 0.857. The summed E-state index contributed by atoms with van der Waals surface area (Å²) in [6.45, 7) is 17.3. The Morgan fingerprint density at radius 1 is 0.266 bits per heavy atom. The summed E-state index contributed by atoms with van der Waals surface area (Å²) in [6.07, 6.45) is 75.5. The first kappa shape index (κ1) is 86.0. The predicted octanol–water partition coefficient (Wildman–Crippen LogP) is 20.1. The molecule has 0 aliphatic carbocycles. The van der Waals surface area contributed by atoms with Crippen LogP contribution in [0.5, 0.6) is 0 Å². The van der Waals surface area contributed by atoms with Crippen molar-refractivity contribution in [2.75, 3.05) is 13.2 Å². The first-order chi connectivity index (χ1) is 38.2. The van der Waals surface area contributed by atoms with Crippen LogP contribution in [0.3, 0.4) is 0 Å². The van der Waals surface area contributed by atoms with E-state index in [-0.39, 0.29) is 23.9 Å². The van der Waals surface area contributed by atoms with Gasteiger partial charge in [0.15, 0.2) is 0 Å². The van der Waals surface area contributed by atoms with E-state index < -0.39 is 23.9 Å². The summed E-state index contributed by atoms with van der Waals surface area (Å²) in [4.78, 5) is 42.7. The second kappa shape index (κ2) is 82.6. The molecule has 0 aromatic carbocycles. The van der Waals surface area contributed by atoms with Gasteiger partial charge in [0, 0.05) is 12.2 Å². The number of carboxylic acids is 2. The van der Waals surface area contributed by atoms with Crippen LogP contribution in [-0.2, 0) is 28.7 Å². The quantitative estimate of drug-likeness (QED) is 0.0254. The third-order valence-corrected chi connectivity index (χ3v) is 14.4. The SMILES string of the molecule is CCCCCCCCCCCCCCCCCCCCCCCOC(=O)/C=C\C(=O)[O-].CCCCCCCCCCCCCCCCCCCCCCCOC(=O)/C=C\C(=O)[O-].[CH2]CCCCCCC.[CH2]CCCCCCC.[Sn+2]. The maximum atomic E-state index is 11.2. The van der Waals surface area contributed by atoms with E-state index >= 15 is 0 Å². The second-order valence-electron chi connectivity index (χ2n) is 22.3. The zero-order valence-corrected chi connectivity index (χ0v) is 55.9. The number of carbonyl (C=O) groups excluding carboxylic acids is 4. The van der Waals surface area contributed by atoms with E-state index in [1.165, 1.54) is 308 Å². The second-order valence-corrected chi connectivity index (χ2v) is 22.3. The van der Waals surface area contributed by atoms with Crippen LogP contribution in [0.25, 0.3) is 0 Å². The molecule has 8 nitrogen and oxygen atoms in total. The van der Waals surface area contributed by atoms with Gasteiger partial charge in [-0.2, -0.15) is 0 Å². The Bertz CT molecular complexity index is 1120. The van der Waals surface area contributed by atoms with Crippen LogP contribution >= 0.6 is 0 Å². The minimum absolute atomic E-state index is 0. The average Bonchev–Trinajstić information content (AvgIpc) is 3.43. The molecule has 0 aromatic heterocycles. The number of unbranched alkanes of at least 4 members (excludes halogenated alkanes) is 50. The van der Waals surface area contributed by atoms with Crippen LogP contribution in [0.4, 0.5) is 0 Å². The van der Waals surface area contributed by atoms with E-state index in [9.17, 15) is 29.4 Å². The van der Waals surface area contributed by atoms with Gasteiger partial charge in [0.25, 0.3) is 0 Å². The summed E-state index contributed by atoms with van der Waals surface area (Å²) in [5.41, 5.74) is 0. The predicted molar refractivity (Wildman–Crippen MR) is 339 cm³/mol. The molecule has 0 aliphatic heterocycles. The third-order valence-electron chi connectivity index (χ3n) is 14.4. The van der Waals surface area contributed by atoms with Crippen LogP contribution in [0, 0.1) is 13.8 Å². The molecule has 9 heteroatoms. The number of aliphatic carboxylic acids is 2. The number of ether oxygens (including phenoxy) is 2. The summed E-state index contributed by atoms with van der Waals surface area (Å²) < 4.78 is 9.83. The Morgan fingerprint density at radius 2 is 0.418 bits per heavy atom. The van der Waals surface area contributed by atoms with Gasteiger partial charge in [-0.05, 0) is 25.0 Å². The Labute approximate surface area is 509 Å². The molecule has 0 bridgehead atoms. The smallest absolute Gasteiger partial charge is 0.545 e. The summed E-state index contributed by atoms with van der Waals surface area (Å²) in [6, 6.07) is 0. The van der Waals surface area contributed by atoms with Gasteiger partial charge >= 0.3 is 35.8 Å². The molecule has 4 radical (unpaired) electrons. The van der Waals surface area contributed by atoms with Crippen molar-refractivity contribution >= 4 is 47.8 Å². The summed E-state index contributed by atoms with van der Waals surface area (Å²) >= 11 is 0. The molecule has 0 amide bonds. The molecule has 0 spiro atoms. The van der Waals surface area contributed by atoms with Gasteiger partial charge in [-0.3, -0.25) is 0 Å². The van der Waals surface area contributed by atoms with E-state index in [1.807, 2.05) is 0 Å². The number of hydrogen-bond acceptors (Lipinski definition) is 8. The fourth-order valence-corrected chi connectivity index (χ4v) is 9.34. The molecule has 79 heavy (non-hydrogen) atoms. The van der Waals surface area contributed by atoms with Crippen LogP contribution < -0.4 is 10.2 Å². The Balaban J connectivity index is -0.000000357. The molecule has 0 aliphatic rings.